The van der Waals surface area contributed by atoms with Crippen LogP contribution in [0.25, 0.3) is 0 Å². The van der Waals surface area contributed by atoms with Crippen molar-refractivity contribution in [3.63, 3.8) is 0 Å². The minimum absolute atomic E-state index is 0.426. The summed E-state index contributed by atoms with van der Waals surface area (Å²) in [7, 11) is 0. The summed E-state index contributed by atoms with van der Waals surface area (Å²) >= 11 is 0. The number of aryl methyl sites for hydroxylation is 2. The average molecular weight is 281 g/mol. The maximum absolute atomic E-state index is 8.80. The van der Waals surface area contributed by atoms with Crippen molar-refractivity contribution >= 4 is 0 Å². The lowest BCUT2D eigenvalue weighted by Crippen LogP contribution is -2.48. The van der Waals surface area contributed by atoms with E-state index in [4.69, 9.17) is 10.00 Å². The highest BCUT2D eigenvalue weighted by molar-refractivity contribution is 5.47. The smallest absolute Gasteiger partial charge is 0.292 e. The van der Waals surface area contributed by atoms with Crippen LogP contribution in [0.5, 0.6) is 5.75 Å². The van der Waals surface area contributed by atoms with Crippen LogP contribution >= 0.6 is 0 Å². The second-order valence-electron chi connectivity index (χ2n) is 7.83. The van der Waals surface area contributed by atoms with Gasteiger partial charge in [0.15, 0.2) is 0 Å². The van der Waals surface area contributed by atoms with Gasteiger partial charge in [0.1, 0.15) is 5.75 Å². The molecule has 1 aromatic carbocycles. The van der Waals surface area contributed by atoms with Crippen LogP contribution in [0.15, 0.2) is 12.1 Å². The first-order valence-electron chi connectivity index (χ1n) is 8.27. The monoisotopic (exact) mass is 281 g/mol. The van der Waals surface area contributed by atoms with E-state index < -0.39 is 0 Å². The molecule has 0 spiro atoms. The van der Waals surface area contributed by atoms with Crippen LogP contribution in [0.1, 0.15) is 55.2 Å². The molecule has 0 atom stereocenters. The van der Waals surface area contributed by atoms with Crippen LogP contribution in [-0.4, -0.2) is 0 Å². The Morgan fingerprint density at radius 1 is 1.00 bits per heavy atom. The highest BCUT2D eigenvalue weighted by Gasteiger charge is 2.51. The molecule has 4 bridgehead atoms. The zero-order valence-corrected chi connectivity index (χ0v) is 13.0. The molecule has 5 rings (SSSR count). The van der Waals surface area contributed by atoms with Gasteiger partial charge in [-0.3, -0.25) is 0 Å². The van der Waals surface area contributed by atoms with Gasteiger partial charge < -0.3 is 4.74 Å². The van der Waals surface area contributed by atoms with E-state index in [9.17, 15) is 0 Å². The largest absolute Gasteiger partial charge is 0.387 e. The summed E-state index contributed by atoms with van der Waals surface area (Å²) < 4.78 is 5.15. The van der Waals surface area contributed by atoms with E-state index in [0.29, 0.717) is 5.41 Å². The summed E-state index contributed by atoms with van der Waals surface area (Å²) in [5.74, 6) is 3.65. The second kappa shape index (κ2) is 4.50. The molecule has 4 saturated carbocycles. The molecule has 0 aromatic heterocycles. The lowest BCUT2D eigenvalue weighted by molar-refractivity contribution is -0.00524. The highest BCUT2D eigenvalue weighted by atomic mass is 16.5. The standard InChI is InChI=1S/C19H23NO/c1-12-3-17(4-13(2)18(12)21-11-20)19-8-14-5-15(9-19)7-16(6-14)10-19/h3-4,14-16H,5-10H2,1-2H3. The summed E-state index contributed by atoms with van der Waals surface area (Å²) in [4.78, 5) is 0. The van der Waals surface area contributed by atoms with Crippen LogP contribution in [-0.2, 0) is 5.41 Å². The first-order valence-corrected chi connectivity index (χ1v) is 8.27. The van der Waals surface area contributed by atoms with Gasteiger partial charge in [-0.05, 0) is 92.2 Å². The quantitative estimate of drug-likeness (QED) is 0.740. The first kappa shape index (κ1) is 13.2. The Bertz CT molecular complexity index is 567. The Labute approximate surface area is 127 Å². The minimum Gasteiger partial charge on any atom is -0.387 e. The summed E-state index contributed by atoms with van der Waals surface area (Å²) in [6.45, 7) is 4.15. The number of ether oxygens (including phenoxy) is 1. The topological polar surface area (TPSA) is 33.0 Å². The molecule has 1 aromatic rings. The van der Waals surface area contributed by atoms with E-state index in [0.717, 1.165) is 34.6 Å². The molecule has 4 aliphatic carbocycles. The number of nitrogens with zero attached hydrogens (tertiary/aromatic N) is 1. The van der Waals surface area contributed by atoms with Crippen molar-refractivity contribution in [2.24, 2.45) is 17.8 Å². The number of hydrogen-bond donors (Lipinski definition) is 0. The molecule has 0 heterocycles. The van der Waals surface area contributed by atoms with Crippen LogP contribution in [0.3, 0.4) is 0 Å². The normalized spacial score (nSPS) is 36.5. The summed E-state index contributed by atoms with van der Waals surface area (Å²) in [5.41, 5.74) is 4.17. The Hall–Kier alpha value is -1.49. The highest BCUT2D eigenvalue weighted by Crippen LogP contribution is 2.61. The van der Waals surface area contributed by atoms with Gasteiger partial charge in [0.25, 0.3) is 6.26 Å². The molecule has 4 aliphatic rings. The molecule has 0 unspecified atom stereocenters. The zero-order valence-electron chi connectivity index (χ0n) is 13.0. The lowest BCUT2D eigenvalue weighted by Gasteiger charge is -2.57. The molecule has 0 N–H and O–H groups in total. The summed E-state index contributed by atoms with van der Waals surface area (Å²) in [6.07, 6.45) is 10.4. The number of hydrogen-bond acceptors (Lipinski definition) is 2. The van der Waals surface area contributed by atoms with E-state index in [1.807, 2.05) is 6.26 Å². The van der Waals surface area contributed by atoms with E-state index in [1.165, 1.54) is 44.1 Å². The van der Waals surface area contributed by atoms with Crippen molar-refractivity contribution in [2.45, 2.75) is 57.8 Å². The van der Waals surface area contributed by atoms with Crippen molar-refractivity contribution in [3.05, 3.63) is 28.8 Å². The fourth-order valence-corrected chi connectivity index (χ4v) is 5.93. The van der Waals surface area contributed by atoms with Gasteiger partial charge in [-0.2, -0.15) is 0 Å². The SMILES string of the molecule is Cc1cc(C23CC4CC(CC(C4)C2)C3)cc(C)c1OC#N. The lowest BCUT2D eigenvalue weighted by atomic mass is 9.48. The second-order valence-corrected chi connectivity index (χ2v) is 7.83. The van der Waals surface area contributed by atoms with E-state index >= 15 is 0 Å². The third-order valence-corrected chi connectivity index (χ3v) is 6.26. The van der Waals surface area contributed by atoms with Gasteiger partial charge >= 0.3 is 0 Å². The van der Waals surface area contributed by atoms with Crippen molar-refractivity contribution in [3.8, 4) is 12.0 Å². The molecule has 2 nitrogen and oxygen atoms in total. The van der Waals surface area contributed by atoms with Gasteiger partial charge in [-0.15, -0.1) is 5.26 Å². The first-order chi connectivity index (χ1) is 10.1. The molecular formula is C19H23NO. The Morgan fingerprint density at radius 2 is 1.48 bits per heavy atom. The van der Waals surface area contributed by atoms with Gasteiger partial charge in [-0.1, -0.05) is 12.1 Å². The van der Waals surface area contributed by atoms with E-state index in [1.54, 1.807) is 0 Å². The average Bonchev–Trinajstić information content (AvgIpc) is 2.41. The van der Waals surface area contributed by atoms with Crippen molar-refractivity contribution in [1.29, 1.82) is 5.26 Å². The fourth-order valence-electron chi connectivity index (χ4n) is 5.93. The Kier molecular flexibility index (Phi) is 2.83. The maximum atomic E-state index is 8.80. The Balaban J connectivity index is 1.75. The fraction of sp³-hybridized carbons (Fsp3) is 0.632. The Morgan fingerprint density at radius 3 is 1.90 bits per heavy atom. The van der Waals surface area contributed by atoms with E-state index in [-0.39, 0.29) is 0 Å². The van der Waals surface area contributed by atoms with Crippen molar-refractivity contribution in [2.75, 3.05) is 0 Å². The van der Waals surface area contributed by atoms with Gasteiger partial charge in [-0.25, -0.2) is 0 Å². The summed E-state index contributed by atoms with van der Waals surface area (Å²) in [6, 6.07) is 4.60. The predicted molar refractivity (Wildman–Crippen MR) is 82.0 cm³/mol. The van der Waals surface area contributed by atoms with Crippen LogP contribution in [0, 0.1) is 43.1 Å². The number of nitriles is 1. The minimum atomic E-state index is 0.426. The van der Waals surface area contributed by atoms with Gasteiger partial charge in [0.2, 0.25) is 0 Å². The molecule has 4 fully saturated rings. The molecular weight excluding hydrogens is 258 g/mol. The van der Waals surface area contributed by atoms with Crippen LogP contribution in [0.4, 0.5) is 0 Å². The molecule has 0 amide bonds. The maximum Gasteiger partial charge on any atom is 0.292 e. The molecule has 110 valence electrons. The van der Waals surface area contributed by atoms with Crippen LogP contribution < -0.4 is 4.74 Å². The van der Waals surface area contributed by atoms with Crippen molar-refractivity contribution < 1.29 is 4.74 Å². The van der Waals surface area contributed by atoms with E-state index in [2.05, 4.69) is 26.0 Å². The van der Waals surface area contributed by atoms with Gasteiger partial charge in [0, 0.05) is 0 Å². The van der Waals surface area contributed by atoms with Crippen LogP contribution in [0.2, 0.25) is 0 Å². The molecule has 0 aliphatic heterocycles. The predicted octanol–water partition coefficient (Wildman–Crippen LogP) is 4.63. The molecule has 0 saturated heterocycles. The molecule has 2 heteroatoms. The zero-order chi connectivity index (χ0) is 14.6. The van der Waals surface area contributed by atoms with Crippen molar-refractivity contribution in [1.82, 2.24) is 0 Å². The van der Waals surface area contributed by atoms with Gasteiger partial charge in [0.05, 0.1) is 0 Å². The third kappa shape index (κ3) is 1.98. The summed E-state index contributed by atoms with van der Waals surface area (Å²) in [5, 5.41) is 8.80. The number of benzene rings is 1. The molecule has 0 radical (unpaired) electrons. The third-order valence-electron chi connectivity index (χ3n) is 6.26. The number of rotatable bonds is 2. The molecule has 21 heavy (non-hydrogen) atoms.